The van der Waals surface area contributed by atoms with Crippen molar-refractivity contribution in [3.05, 3.63) is 0 Å². The Balaban J connectivity index is 2.63. The van der Waals surface area contributed by atoms with Crippen molar-refractivity contribution in [2.45, 2.75) is 52.5 Å². The minimum atomic E-state index is 0.150. The van der Waals surface area contributed by atoms with Gasteiger partial charge in [-0.1, -0.05) is 18.5 Å². The molecule has 1 rings (SSSR count). The van der Waals surface area contributed by atoms with Crippen molar-refractivity contribution in [1.29, 1.82) is 0 Å². The van der Waals surface area contributed by atoms with Crippen LogP contribution in [0.15, 0.2) is 5.16 Å². The van der Waals surface area contributed by atoms with Crippen LogP contribution in [-0.2, 0) is 4.79 Å². The maximum Gasteiger partial charge on any atom is 0.226 e. The molecule has 1 fully saturated rings. The van der Waals surface area contributed by atoms with Crippen molar-refractivity contribution >= 4 is 11.7 Å². The third-order valence-electron chi connectivity index (χ3n) is 3.82. The number of carbonyl (C=O) groups excluding carboxylic acids is 1. The fourth-order valence-corrected chi connectivity index (χ4v) is 2.63. The third kappa shape index (κ3) is 3.62. The Morgan fingerprint density at radius 3 is 2.61 bits per heavy atom. The average Bonchev–Trinajstić information content (AvgIpc) is 2.74. The van der Waals surface area contributed by atoms with E-state index in [-0.39, 0.29) is 23.7 Å². The van der Waals surface area contributed by atoms with E-state index in [1.807, 2.05) is 18.7 Å². The second kappa shape index (κ2) is 6.61. The minimum Gasteiger partial charge on any atom is -0.409 e. The molecule has 5 heteroatoms. The Hall–Kier alpha value is -1.26. The van der Waals surface area contributed by atoms with Gasteiger partial charge < -0.3 is 15.8 Å². The molecule has 0 aromatic carbocycles. The first-order valence-corrected chi connectivity index (χ1v) is 6.74. The van der Waals surface area contributed by atoms with E-state index < -0.39 is 0 Å². The third-order valence-corrected chi connectivity index (χ3v) is 3.82. The van der Waals surface area contributed by atoms with Gasteiger partial charge in [0.25, 0.3) is 0 Å². The highest BCUT2D eigenvalue weighted by atomic mass is 16.4. The number of hydrogen-bond donors (Lipinski definition) is 2. The van der Waals surface area contributed by atoms with Gasteiger partial charge in [0, 0.05) is 24.9 Å². The maximum atomic E-state index is 12.5. The lowest BCUT2D eigenvalue weighted by atomic mass is 9.96. The van der Waals surface area contributed by atoms with Crippen LogP contribution in [0.1, 0.15) is 46.5 Å². The standard InChI is InChI=1S/C13H25N3O2/c1-9(2)16(8-7-12(14)15-18)13(17)11-6-4-5-10(11)3/h9-11,18H,4-8H2,1-3H3,(H2,14,15). The van der Waals surface area contributed by atoms with E-state index in [2.05, 4.69) is 12.1 Å². The lowest BCUT2D eigenvalue weighted by molar-refractivity contribution is -0.138. The van der Waals surface area contributed by atoms with E-state index in [4.69, 9.17) is 10.9 Å². The summed E-state index contributed by atoms with van der Waals surface area (Å²) in [6.45, 7) is 6.68. The van der Waals surface area contributed by atoms with Crippen LogP contribution in [0, 0.1) is 11.8 Å². The van der Waals surface area contributed by atoms with E-state index in [0.717, 1.165) is 19.3 Å². The fourth-order valence-electron chi connectivity index (χ4n) is 2.63. The van der Waals surface area contributed by atoms with E-state index in [1.54, 1.807) is 0 Å². The van der Waals surface area contributed by atoms with Crippen molar-refractivity contribution in [2.75, 3.05) is 6.54 Å². The molecule has 1 aliphatic rings. The summed E-state index contributed by atoms with van der Waals surface area (Å²) < 4.78 is 0. The Morgan fingerprint density at radius 1 is 1.50 bits per heavy atom. The molecule has 0 aromatic heterocycles. The quantitative estimate of drug-likeness (QED) is 0.340. The minimum absolute atomic E-state index is 0.150. The molecule has 0 heterocycles. The zero-order chi connectivity index (χ0) is 13.7. The number of amides is 1. The Bertz CT molecular complexity index is 315. The van der Waals surface area contributed by atoms with E-state index in [1.165, 1.54) is 0 Å². The molecule has 1 aliphatic carbocycles. The van der Waals surface area contributed by atoms with Crippen LogP contribution in [-0.4, -0.2) is 34.4 Å². The summed E-state index contributed by atoms with van der Waals surface area (Å²) in [5.74, 6) is 1.02. The van der Waals surface area contributed by atoms with Gasteiger partial charge in [0.1, 0.15) is 5.84 Å². The lowest BCUT2D eigenvalue weighted by Crippen LogP contribution is -2.43. The first-order chi connectivity index (χ1) is 8.47. The van der Waals surface area contributed by atoms with Gasteiger partial charge in [0.15, 0.2) is 0 Å². The van der Waals surface area contributed by atoms with Crippen LogP contribution >= 0.6 is 0 Å². The molecular formula is C13H25N3O2. The van der Waals surface area contributed by atoms with Crippen LogP contribution in [0.2, 0.25) is 0 Å². The van der Waals surface area contributed by atoms with Crippen molar-refractivity contribution in [3.8, 4) is 0 Å². The molecule has 0 aromatic rings. The molecule has 18 heavy (non-hydrogen) atoms. The van der Waals surface area contributed by atoms with Gasteiger partial charge in [0.05, 0.1) is 0 Å². The maximum absolute atomic E-state index is 12.5. The number of nitrogens with two attached hydrogens (primary N) is 1. The smallest absolute Gasteiger partial charge is 0.226 e. The highest BCUT2D eigenvalue weighted by Gasteiger charge is 2.33. The number of rotatable bonds is 5. The van der Waals surface area contributed by atoms with Crippen molar-refractivity contribution in [2.24, 2.45) is 22.7 Å². The van der Waals surface area contributed by atoms with Gasteiger partial charge in [-0.15, -0.1) is 0 Å². The molecule has 2 atom stereocenters. The highest BCUT2D eigenvalue weighted by Crippen LogP contribution is 2.33. The van der Waals surface area contributed by atoms with E-state index in [9.17, 15) is 4.79 Å². The number of oxime groups is 1. The Morgan fingerprint density at radius 2 is 2.17 bits per heavy atom. The summed E-state index contributed by atoms with van der Waals surface area (Å²) in [5, 5.41) is 11.5. The molecule has 0 aliphatic heterocycles. The van der Waals surface area contributed by atoms with Crippen molar-refractivity contribution in [3.63, 3.8) is 0 Å². The highest BCUT2D eigenvalue weighted by molar-refractivity contribution is 5.82. The molecule has 3 N–H and O–H groups in total. The summed E-state index contributed by atoms with van der Waals surface area (Å²) in [4.78, 5) is 14.3. The van der Waals surface area contributed by atoms with Crippen molar-refractivity contribution < 1.29 is 10.0 Å². The normalized spacial score (nSPS) is 24.6. The first-order valence-electron chi connectivity index (χ1n) is 6.74. The molecule has 5 nitrogen and oxygen atoms in total. The molecule has 2 unspecified atom stereocenters. The summed E-state index contributed by atoms with van der Waals surface area (Å²) in [6.07, 6.45) is 3.70. The summed E-state index contributed by atoms with van der Waals surface area (Å²) in [5.41, 5.74) is 5.46. The SMILES string of the molecule is CC1CCCC1C(=O)N(CCC(N)=NO)C(C)C. The fraction of sp³-hybridized carbons (Fsp3) is 0.846. The molecule has 0 spiro atoms. The summed E-state index contributed by atoms with van der Waals surface area (Å²) >= 11 is 0. The lowest BCUT2D eigenvalue weighted by Gasteiger charge is -2.30. The predicted molar refractivity (Wildman–Crippen MR) is 71.4 cm³/mol. The topological polar surface area (TPSA) is 78.9 Å². The van der Waals surface area contributed by atoms with Crippen LogP contribution in [0.3, 0.4) is 0 Å². The van der Waals surface area contributed by atoms with E-state index in [0.29, 0.717) is 18.9 Å². The van der Waals surface area contributed by atoms with Crippen LogP contribution < -0.4 is 5.73 Å². The van der Waals surface area contributed by atoms with Gasteiger partial charge in [-0.05, 0) is 32.6 Å². The largest absolute Gasteiger partial charge is 0.409 e. The van der Waals surface area contributed by atoms with Crippen LogP contribution in [0.25, 0.3) is 0 Å². The number of nitrogens with zero attached hydrogens (tertiary/aromatic N) is 2. The van der Waals surface area contributed by atoms with E-state index >= 15 is 0 Å². The van der Waals surface area contributed by atoms with Gasteiger partial charge in [-0.3, -0.25) is 4.79 Å². The number of hydrogen-bond acceptors (Lipinski definition) is 3. The molecule has 1 saturated carbocycles. The molecule has 0 bridgehead atoms. The van der Waals surface area contributed by atoms with Crippen LogP contribution in [0.5, 0.6) is 0 Å². The molecule has 0 saturated heterocycles. The zero-order valence-corrected chi connectivity index (χ0v) is 11.6. The van der Waals surface area contributed by atoms with Crippen LogP contribution in [0.4, 0.5) is 0 Å². The second-order valence-corrected chi connectivity index (χ2v) is 5.48. The van der Waals surface area contributed by atoms with Gasteiger partial charge in [0.2, 0.25) is 5.91 Å². The van der Waals surface area contributed by atoms with Gasteiger partial charge in [-0.2, -0.15) is 0 Å². The molecule has 1 amide bonds. The molecule has 104 valence electrons. The first kappa shape index (κ1) is 14.8. The van der Waals surface area contributed by atoms with Crippen molar-refractivity contribution in [1.82, 2.24) is 4.90 Å². The summed E-state index contributed by atoms with van der Waals surface area (Å²) in [6, 6.07) is 0.150. The van der Waals surface area contributed by atoms with Gasteiger partial charge in [-0.25, -0.2) is 0 Å². The second-order valence-electron chi connectivity index (χ2n) is 5.48. The molecule has 0 radical (unpaired) electrons. The predicted octanol–water partition coefficient (Wildman–Crippen LogP) is 1.80. The Kier molecular flexibility index (Phi) is 5.44. The monoisotopic (exact) mass is 255 g/mol. The van der Waals surface area contributed by atoms with Gasteiger partial charge >= 0.3 is 0 Å². The average molecular weight is 255 g/mol. The Labute approximate surface area is 109 Å². The number of amidine groups is 1. The summed E-state index contributed by atoms with van der Waals surface area (Å²) in [7, 11) is 0. The molecular weight excluding hydrogens is 230 g/mol. The number of carbonyl (C=O) groups is 1. The zero-order valence-electron chi connectivity index (χ0n) is 11.6.